The van der Waals surface area contributed by atoms with E-state index in [0.717, 1.165) is 6.07 Å². The molecule has 1 atom stereocenters. The molecule has 18 heavy (non-hydrogen) atoms. The van der Waals surface area contributed by atoms with Crippen LogP contribution >= 0.6 is 0 Å². The summed E-state index contributed by atoms with van der Waals surface area (Å²) in [7, 11) is 0. The highest BCUT2D eigenvalue weighted by Gasteiger charge is 2.58. The minimum atomic E-state index is -5.15. The Labute approximate surface area is 98.8 Å². The van der Waals surface area contributed by atoms with Gasteiger partial charge < -0.3 is 14.9 Å². The second-order valence-corrected chi connectivity index (χ2v) is 3.71. The number of amides is 1. The third-order valence-electron chi connectivity index (χ3n) is 2.21. The standard InChI is InChI=1S/C9H9F3N2O4/c1-4-3-5(18-14-4)6(15)13-8(2,7(16)17)9(10,11)12/h3H,1-2H3,(H,13,15)(H,16,17). The first kappa shape index (κ1) is 14.0. The first-order valence-electron chi connectivity index (χ1n) is 4.64. The van der Waals surface area contributed by atoms with Crippen LogP contribution in [0.15, 0.2) is 10.6 Å². The largest absolute Gasteiger partial charge is 0.479 e. The quantitative estimate of drug-likeness (QED) is 0.855. The summed E-state index contributed by atoms with van der Waals surface area (Å²) in [5.74, 6) is -4.03. The predicted molar refractivity (Wildman–Crippen MR) is 50.8 cm³/mol. The summed E-state index contributed by atoms with van der Waals surface area (Å²) in [4.78, 5) is 22.1. The average molecular weight is 266 g/mol. The zero-order chi connectivity index (χ0) is 14.1. The monoisotopic (exact) mass is 266 g/mol. The molecule has 0 fully saturated rings. The van der Waals surface area contributed by atoms with E-state index in [4.69, 9.17) is 5.11 Å². The minimum Gasteiger partial charge on any atom is -0.479 e. The predicted octanol–water partition coefficient (Wildman–Crippen LogP) is 1.12. The van der Waals surface area contributed by atoms with Gasteiger partial charge >= 0.3 is 12.1 Å². The number of aryl methyl sites for hydroxylation is 1. The Kier molecular flexibility index (Phi) is 3.36. The third-order valence-corrected chi connectivity index (χ3v) is 2.21. The Morgan fingerprint density at radius 3 is 2.33 bits per heavy atom. The highest BCUT2D eigenvalue weighted by Crippen LogP contribution is 2.30. The van der Waals surface area contributed by atoms with Crippen molar-refractivity contribution >= 4 is 11.9 Å². The summed E-state index contributed by atoms with van der Waals surface area (Å²) in [6.07, 6.45) is -5.15. The number of hydrogen-bond donors (Lipinski definition) is 2. The van der Waals surface area contributed by atoms with Gasteiger partial charge in [-0.25, -0.2) is 4.79 Å². The highest BCUT2D eigenvalue weighted by molar-refractivity contribution is 5.96. The fourth-order valence-electron chi connectivity index (χ4n) is 1.00. The van der Waals surface area contributed by atoms with E-state index in [2.05, 4.69) is 9.68 Å². The van der Waals surface area contributed by atoms with Crippen LogP contribution < -0.4 is 5.32 Å². The molecule has 1 aromatic heterocycles. The summed E-state index contributed by atoms with van der Waals surface area (Å²) in [5.41, 5.74) is -3.12. The normalized spacial score (nSPS) is 14.9. The van der Waals surface area contributed by atoms with Crippen molar-refractivity contribution in [2.45, 2.75) is 25.6 Å². The number of carboxylic acid groups (broad SMARTS) is 1. The number of carbonyl (C=O) groups excluding carboxylic acids is 1. The van der Waals surface area contributed by atoms with Crippen molar-refractivity contribution in [2.24, 2.45) is 0 Å². The van der Waals surface area contributed by atoms with E-state index in [1.165, 1.54) is 12.2 Å². The van der Waals surface area contributed by atoms with E-state index in [0.29, 0.717) is 6.92 Å². The molecule has 0 radical (unpaired) electrons. The lowest BCUT2D eigenvalue weighted by atomic mass is 10.0. The van der Waals surface area contributed by atoms with Crippen molar-refractivity contribution in [1.82, 2.24) is 10.5 Å². The van der Waals surface area contributed by atoms with E-state index < -0.39 is 29.4 Å². The molecule has 1 aromatic rings. The van der Waals surface area contributed by atoms with Gasteiger partial charge in [0.25, 0.3) is 5.91 Å². The maximum absolute atomic E-state index is 12.6. The molecule has 0 aliphatic rings. The molecule has 9 heteroatoms. The van der Waals surface area contributed by atoms with E-state index in [-0.39, 0.29) is 5.69 Å². The number of aliphatic carboxylic acids is 1. The molecule has 0 saturated carbocycles. The fraction of sp³-hybridized carbons (Fsp3) is 0.444. The maximum atomic E-state index is 12.6. The topological polar surface area (TPSA) is 92.4 Å². The summed E-state index contributed by atoms with van der Waals surface area (Å²) in [5, 5.41) is 13.3. The third kappa shape index (κ3) is 2.44. The molecule has 2 N–H and O–H groups in total. The van der Waals surface area contributed by atoms with E-state index in [1.54, 1.807) is 0 Å². The number of nitrogens with one attached hydrogen (secondary N) is 1. The molecule has 0 bridgehead atoms. The van der Waals surface area contributed by atoms with Crippen LogP contribution in [0.25, 0.3) is 0 Å². The van der Waals surface area contributed by atoms with Crippen LogP contribution in [-0.4, -0.2) is 33.9 Å². The van der Waals surface area contributed by atoms with Gasteiger partial charge in [-0.3, -0.25) is 4.79 Å². The molecule has 1 rings (SSSR count). The Hall–Kier alpha value is -2.06. The van der Waals surface area contributed by atoms with Gasteiger partial charge in [-0.15, -0.1) is 0 Å². The van der Waals surface area contributed by atoms with Crippen molar-refractivity contribution in [1.29, 1.82) is 0 Å². The second-order valence-electron chi connectivity index (χ2n) is 3.71. The fourth-order valence-corrected chi connectivity index (χ4v) is 1.00. The zero-order valence-corrected chi connectivity index (χ0v) is 9.33. The minimum absolute atomic E-state index is 0.282. The van der Waals surface area contributed by atoms with Crippen LogP contribution in [0.5, 0.6) is 0 Å². The van der Waals surface area contributed by atoms with Gasteiger partial charge in [-0.05, 0) is 13.8 Å². The molecular weight excluding hydrogens is 257 g/mol. The van der Waals surface area contributed by atoms with E-state index in [9.17, 15) is 22.8 Å². The zero-order valence-electron chi connectivity index (χ0n) is 9.33. The Balaban J connectivity index is 3.00. The molecule has 1 heterocycles. The number of rotatable bonds is 3. The lowest BCUT2D eigenvalue weighted by molar-refractivity contribution is -0.203. The first-order chi connectivity index (χ1) is 8.08. The van der Waals surface area contributed by atoms with Crippen LogP contribution in [0.2, 0.25) is 0 Å². The van der Waals surface area contributed by atoms with Crippen LogP contribution in [-0.2, 0) is 4.79 Å². The smallest absolute Gasteiger partial charge is 0.422 e. The Morgan fingerprint density at radius 1 is 1.44 bits per heavy atom. The van der Waals surface area contributed by atoms with Crippen LogP contribution in [0.1, 0.15) is 23.2 Å². The molecule has 0 aliphatic heterocycles. The van der Waals surface area contributed by atoms with Gasteiger partial charge in [0, 0.05) is 6.07 Å². The SMILES string of the molecule is Cc1cc(C(=O)NC(C)(C(=O)O)C(F)(F)F)on1. The van der Waals surface area contributed by atoms with Crippen molar-refractivity contribution < 1.29 is 32.4 Å². The number of alkyl halides is 3. The van der Waals surface area contributed by atoms with Gasteiger partial charge in [0.05, 0.1) is 5.69 Å². The molecular formula is C9H9F3N2O4. The van der Waals surface area contributed by atoms with Crippen molar-refractivity contribution in [3.8, 4) is 0 Å². The molecule has 6 nitrogen and oxygen atoms in total. The first-order valence-corrected chi connectivity index (χ1v) is 4.64. The molecule has 1 unspecified atom stereocenters. The molecule has 0 saturated heterocycles. The molecule has 100 valence electrons. The lowest BCUT2D eigenvalue weighted by Gasteiger charge is -2.27. The van der Waals surface area contributed by atoms with E-state index >= 15 is 0 Å². The van der Waals surface area contributed by atoms with Gasteiger partial charge in [0.2, 0.25) is 11.3 Å². The number of carboxylic acids is 1. The number of halogens is 3. The van der Waals surface area contributed by atoms with Crippen molar-refractivity contribution in [3.63, 3.8) is 0 Å². The van der Waals surface area contributed by atoms with Crippen LogP contribution in [0, 0.1) is 6.92 Å². The summed E-state index contributed by atoms with van der Waals surface area (Å²) >= 11 is 0. The van der Waals surface area contributed by atoms with Gasteiger partial charge in [0.1, 0.15) is 0 Å². The molecule has 0 aromatic carbocycles. The van der Waals surface area contributed by atoms with Gasteiger partial charge in [0.15, 0.2) is 0 Å². The summed E-state index contributed by atoms with van der Waals surface area (Å²) in [6.45, 7) is 1.80. The molecule has 1 amide bonds. The number of carbonyl (C=O) groups is 2. The van der Waals surface area contributed by atoms with Crippen molar-refractivity contribution in [2.75, 3.05) is 0 Å². The van der Waals surface area contributed by atoms with Crippen LogP contribution in [0.4, 0.5) is 13.2 Å². The Bertz CT molecular complexity index is 482. The van der Waals surface area contributed by atoms with Gasteiger partial charge in [-0.1, -0.05) is 5.16 Å². The highest BCUT2D eigenvalue weighted by atomic mass is 19.4. The Morgan fingerprint density at radius 2 is 2.00 bits per heavy atom. The summed E-state index contributed by atoms with van der Waals surface area (Å²) < 4.78 is 42.2. The van der Waals surface area contributed by atoms with Crippen molar-refractivity contribution in [3.05, 3.63) is 17.5 Å². The van der Waals surface area contributed by atoms with Crippen LogP contribution in [0.3, 0.4) is 0 Å². The van der Waals surface area contributed by atoms with Gasteiger partial charge in [-0.2, -0.15) is 13.2 Å². The number of aromatic nitrogens is 1. The number of hydrogen-bond acceptors (Lipinski definition) is 4. The maximum Gasteiger partial charge on any atom is 0.422 e. The lowest BCUT2D eigenvalue weighted by Crippen LogP contribution is -2.61. The molecule has 0 aliphatic carbocycles. The number of nitrogens with zero attached hydrogens (tertiary/aromatic N) is 1. The summed E-state index contributed by atoms with van der Waals surface area (Å²) in [6, 6.07) is 1.09. The second kappa shape index (κ2) is 4.31. The van der Waals surface area contributed by atoms with E-state index in [1.807, 2.05) is 0 Å². The molecule has 0 spiro atoms. The average Bonchev–Trinajstić information content (AvgIpc) is 2.62.